The fourth-order valence-corrected chi connectivity index (χ4v) is 2.90. The van der Waals surface area contributed by atoms with Crippen molar-refractivity contribution in [1.29, 1.82) is 0 Å². The van der Waals surface area contributed by atoms with E-state index < -0.39 is 5.63 Å². The van der Waals surface area contributed by atoms with Crippen LogP contribution >= 0.6 is 0 Å². The Balaban J connectivity index is 1.73. The Morgan fingerprint density at radius 3 is 2.67 bits per heavy atom. The molecular formula is C19H15FN4O3. The Labute approximate surface area is 152 Å². The van der Waals surface area contributed by atoms with Gasteiger partial charge in [0.15, 0.2) is 0 Å². The Morgan fingerprint density at radius 1 is 1.15 bits per heavy atom. The number of aromatic nitrogens is 4. The molecule has 0 spiro atoms. The van der Waals surface area contributed by atoms with Crippen molar-refractivity contribution in [3.63, 3.8) is 0 Å². The SMILES string of the molecule is CCc1cc2c(Cn3nnc(-c4ccc(F)cc4)n3)cc(=O)oc2cc1O. The van der Waals surface area contributed by atoms with Crippen LogP contribution in [0.15, 0.2) is 51.7 Å². The Hall–Kier alpha value is -3.55. The molecule has 0 saturated carbocycles. The van der Waals surface area contributed by atoms with E-state index in [2.05, 4.69) is 15.4 Å². The van der Waals surface area contributed by atoms with Gasteiger partial charge in [-0.3, -0.25) is 0 Å². The van der Waals surface area contributed by atoms with Gasteiger partial charge >= 0.3 is 5.63 Å². The fraction of sp³-hybridized carbons (Fsp3) is 0.158. The van der Waals surface area contributed by atoms with E-state index in [0.717, 1.165) is 5.56 Å². The number of rotatable bonds is 4. The summed E-state index contributed by atoms with van der Waals surface area (Å²) >= 11 is 0. The van der Waals surface area contributed by atoms with E-state index in [0.29, 0.717) is 34.3 Å². The minimum atomic E-state index is -0.528. The third-order valence-electron chi connectivity index (χ3n) is 4.28. The molecule has 0 radical (unpaired) electrons. The third kappa shape index (κ3) is 3.29. The van der Waals surface area contributed by atoms with Crippen LogP contribution in [-0.4, -0.2) is 25.3 Å². The van der Waals surface area contributed by atoms with Crippen molar-refractivity contribution in [2.75, 3.05) is 0 Å². The summed E-state index contributed by atoms with van der Waals surface area (Å²) in [7, 11) is 0. The minimum absolute atomic E-state index is 0.0859. The highest BCUT2D eigenvalue weighted by Gasteiger charge is 2.13. The number of phenolic OH excluding ortho intramolecular Hbond substituents is 1. The number of nitrogens with zero attached hydrogens (tertiary/aromatic N) is 4. The number of tetrazole rings is 1. The van der Waals surface area contributed by atoms with Gasteiger partial charge in [-0.2, -0.15) is 4.80 Å². The molecule has 0 unspecified atom stereocenters. The van der Waals surface area contributed by atoms with Crippen molar-refractivity contribution < 1.29 is 13.9 Å². The van der Waals surface area contributed by atoms with Crippen LogP contribution in [0.1, 0.15) is 18.1 Å². The zero-order chi connectivity index (χ0) is 19.0. The average molecular weight is 366 g/mol. The van der Waals surface area contributed by atoms with E-state index in [1.165, 1.54) is 29.1 Å². The quantitative estimate of drug-likeness (QED) is 0.558. The molecular weight excluding hydrogens is 351 g/mol. The Morgan fingerprint density at radius 2 is 1.93 bits per heavy atom. The van der Waals surface area contributed by atoms with Crippen molar-refractivity contribution in [1.82, 2.24) is 20.2 Å². The molecule has 2 aromatic heterocycles. The fourth-order valence-electron chi connectivity index (χ4n) is 2.90. The van der Waals surface area contributed by atoms with E-state index >= 15 is 0 Å². The molecule has 0 fully saturated rings. The second-order valence-electron chi connectivity index (χ2n) is 6.07. The molecule has 2 heterocycles. The summed E-state index contributed by atoms with van der Waals surface area (Å²) in [4.78, 5) is 13.2. The van der Waals surface area contributed by atoms with Crippen LogP contribution in [0.2, 0.25) is 0 Å². The van der Waals surface area contributed by atoms with Crippen LogP contribution in [-0.2, 0) is 13.0 Å². The zero-order valence-corrected chi connectivity index (χ0v) is 14.4. The van der Waals surface area contributed by atoms with Gasteiger partial charge < -0.3 is 9.52 Å². The molecule has 0 atom stereocenters. The topological polar surface area (TPSA) is 94.0 Å². The maximum absolute atomic E-state index is 13.1. The lowest BCUT2D eigenvalue weighted by atomic mass is 10.0. The van der Waals surface area contributed by atoms with Crippen molar-refractivity contribution >= 4 is 11.0 Å². The predicted octanol–water partition coefficient (Wildman–Crippen LogP) is 2.90. The molecule has 0 aliphatic rings. The summed E-state index contributed by atoms with van der Waals surface area (Å²) in [5, 5.41) is 23.0. The summed E-state index contributed by atoms with van der Waals surface area (Å²) < 4.78 is 18.2. The summed E-state index contributed by atoms with van der Waals surface area (Å²) in [5.41, 5.74) is 1.81. The maximum Gasteiger partial charge on any atom is 0.336 e. The lowest BCUT2D eigenvalue weighted by molar-refractivity contribution is 0.466. The van der Waals surface area contributed by atoms with Crippen molar-refractivity contribution in [2.45, 2.75) is 19.9 Å². The normalized spacial score (nSPS) is 11.2. The standard InChI is InChI=1S/C19H15FN4O3/c1-2-11-7-15-13(8-18(26)27-17(15)9-16(11)25)10-24-22-19(21-23-24)12-3-5-14(20)6-4-12/h3-9,25H,2,10H2,1H3. The number of aryl methyl sites for hydroxylation is 1. The molecule has 7 nitrogen and oxygen atoms in total. The van der Waals surface area contributed by atoms with Gasteiger partial charge in [-0.15, -0.1) is 10.2 Å². The minimum Gasteiger partial charge on any atom is -0.508 e. The molecule has 136 valence electrons. The molecule has 0 aliphatic heterocycles. The first-order valence-electron chi connectivity index (χ1n) is 8.36. The summed E-state index contributed by atoms with van der Waals surface area (Å²) in [6.07, 6.45) is 0.636. The summed E-state index contributed by atoms with van der Waals surface area (Å²) in [5.74, 6) is 0.0977. The lowest BCUT2D eigenvalue weighted by Crippen LogP contribution is -2.08. The van der Waals surface area contributed by atoms with Gasteiger partial charge in [-0.05, 0) is 53.1 Å². The zero-order valence-electron chi connectivity index (χ0n) is 14.4. The smallest absolute Gasteiger partial charge is 0.336 e. The molecule has 8 heteroatoms. The first-order valence-corrected chi connectivity index (χ1v) is 8.36. The molecule has 1 N–H and O–H groups in total. The lowest BCUT2D eigenvalue weighted by Gasteiger charge is -2.08. The highest BCUT2D eigenvalue weighted by molar-refractivity contribution is 5.82. The van der Waals surface area contributed by atoms with E-state index in [9.17, 15) is 14.3 Å². The van der Waals surface area contributed by atoms with Gasteiger partial charge in [0.05, 0.1) is 6.54 Å². The number of aromatic hydroxyl groups is 1. The molecule has 0 aliphatic carbocycles. The first-order chi connectivity index (χ1) is 13.0. The number of fused-ring (bicyclic) bond motifs is 1. The molecule has 0 saturated heterocycles. The van der Waals surface area contributed by atoms with E-state index in [1.54, 1.807) is 18.2 Å². The van der Waals surface area contributed by atoms with Gasteiger partial charge in [0.2, 0.25) is 5.82 Å². The van der Waals surface area contributed by atoms with Crippen LogP contribution in [0.4, 0.5) is 4.39 Å². The van der Waals surface area contributed by atoms with Crippen LogP contribution in [0.3, 0.4) is 0 Å². The summed E-state index contributed by atoms with van der Waals surface area (Å²) in [6.45, 7) is 2.12. The largest absolute Gasteiger partial charge is 0.508 e. The van der Waals surface area contributed by atoms with Crippen molar-refractivity contribution in [3.8, 4) is 17.1 Å². The van der Waals surface area contributed by atoms with Crippen LogP contribution in [0, 0.1) is 5.82 Å². The number of hydrogen-bond donors (Lipinski definition) is 1. The predicted molar refractivity (Wildman–Crippen MR) is 95.8 cm³/mol. The molecule has 4 aromatic rings. The molecule has 0 amide bonds. The van der Waals surface area contributed by atoms with E-state index in [-0.39, 0.29) is 18.1 Å². The van der Waals surface area contributed by atoms with Gasteiger partial charge in [0.25, 0.3) is 0 Å². The van der Waals surface area contributed by atoms with Crippen LogP contribution < -0.4 is 5.63 Å². The Bertz CT molecular complexity index is 1180. The third-order valence-corrected chi connectivity index (χ3v) is 4.28. The van der Waals surface area contributed by atoms with Crippen molar-refractivity contribution in [3.05, 3.63) is 69.8 Å². The number of phenols is 1. The molecule has 4 rings (SSSR count). The highest BCUT2D eigenvalue weighted by Crippen LogP contribution is 2.27. The summed E-state index contributed by atoms with van der Waals surface area (Å²) in [6, 6.07) is 10.4. The van der Waals surface area contributed by atoms with E-state index in [1.807, 2.05) is 6.92 Å². The van der Waals surface area contributed by atoms with Crippen LogP contribution in [0.5, 0.6) is 5.75 Å². The van der Waals surface area contributed by atoms with Crippen molar-refractivity contribution in [2.24, 2.45) is 0 Å². The first kappa shape index (κ1) is 16.9. The maximum atomic E-state index is 13.1. The van der Waals surface area contributed by atoms with Gasteiger partial charge in [-0.1, -0.05) is 6.92 Å². The van der Waals surface area contributed by atoms with Crippen LogP contribution in [0.25, 0.3) is 22.4 Å². The molecule has 27 heavy (non-hydrogen) atoms. The number of halogens is 1. The molecule has 2 aromatic carbocycles. The van der Waals surface area contributed by atoms with Gasteiger partial charge in [0, 0.05) is 23.1 Å². The van der Waals surface area contributed by atoms with Gasteiger partial charge in [-0.25, -0.2) is 9.18 Å². The monoisotopic (exact) mass is 366 g/mol. The van der Waals surface area contributed by atoms with E-state index in [4.69, 9.17) is 4.42 Å². The highest BCUT2D eigenvalue weighted by atomic mass is 19.1. The Kier molecular flexibility index (Phi) is 4.15. The second kappa shape index (κ2) is 6.64. The number of benzene rings is 2. The molecule has 0 bridgehead atoms. The van der Waals surface area contributed by atoms with Gasteiger partial charge in [0.1, 0.15) is 17.1 Å². The second-order valence-corrected chi connectivity index (χ2v) is 6.07. The number of hydrogen-bond acceptors (Lipinski definition) is 6. The average Bonchev–Trinajstić information content (AvgIpc) is 3.10.